The van der Waals surface area contributed by atoms with Gasteiger partial charge in [0.25, 0.3) is 5.91 Å². The molecule has 5 nitrogen and oxygen atoms in total. The number of amides is 1. The Morgan fingerprint density at radius 1 is 1.33 bits per heavy atom. The molecule has 1 aromatic heterocycles. The van der Waals surface area contributed by atoms with Gasteiger partial charge in [-0.1, -0.05) is 35.5 Å². The quantitative estimate of drug-likeness (QED) is 0.405. The molecule has 1 aromatic carbocycles. The molecule has 0 fully saturated rings. The number of nitrogens with one attached hydrogen (secondary N) is 1. The Bertz CT molecular complexity index is 706. The highest BCUT2D eigenvalue weighted by Gasteiger charge is 2.14. The van der Waals surface area contributed by atoms with E-state index in [-0.39, 0.29) is 16.5 Å². The third kappa shape index (κ3) is 3.80. The highest BCUT2D eigenvalue weighted by atomic mass is 35.5. The molecule has 0 atom stereocenters. The van der Waals surface area contributed by atoms with E-state index in [2.05, 4.69) is 15.3 Å². The van der Waals surface area contributed by atoms with Crippen LogP contribution in [0, 0.1) is 0 Å². The number of ketones is 1. The lowest BCUT2D eigenvalue weighted by Crippen LogP contribution is -2.14. The average Bonchev–Trinajstić information content (AvgIpc) is 2.47. The first-order valence-electron chi connectivity index (χ1n) is 6.00. The number of rotatable bonds is 4. The van der Waals surface area contributed by atoms with Crippen molar-refractivity contribution in [3.8, 4) is 0 Å². The number of anilines is 1. The Morgan fingerprint density at radius 2 is 2.10 bits per heavy atom. The molecule has 0 aliphatic carbocycles. The molecule has 21 heavy (non-hydrogen) atoms. The van der Waals surface area contributed by atoms with E-state index in [0.717, 1.165) is 0 Å². The molecule has 1 N–H and O–H groups in total. The van der Waals surface area contributed by atoms with E-state index >= 15 is 0 Å². The van der Waals surface area contributed by atoms with Crippen LogP contribution in [-0.2, 0) is 0 Å². The summed E-state index contributed by atoms with van der Waals surface area (Å²) in [5.41, 5.74) is 1.22. The first kappa shape index (κ1) is 15.5. The van der Waals surface area contributed by atoms with Crippen molar-refractivity contribution in [2.75, 3.05) is 11.6 Å². The number of carbonyl (C=O) groups is 2. The molecular formula is C14H12ClN3O2S. The Balaban J connectivity index is 2.22. The zero-order valence-corrected chi connectivity index (χ0v) is 13.0. The number of halogens is 1. The number of hydrogen-bond donors (Lipinski definition) is 1. The first-order chi connectivity index (χ1) is 10.0. The van der Waals surface area contributed by atoms with Crippen molar-refractivity contribution in [2.45, 2.75) is 12.1 Å². The van der Waals surface area contributed by atoms with Gasteiger partial charge in [0.15, 0.2) is 10.9 Å². The predicted molar refractivity (Wildman–Crippen MR) is 83.2 cm³/mol. The van der Waals surface area contributed by atoms with Crippen molar-refractivity contribution in [1.82, 2.24) is 9.97 Å². The third-order valence-electron chi connectivity index (χ3n) is 2.67. The van der Waals surface area contributed by atoms with Gasteiger partial charge in [0, 0.05) is 17.4 Å². The second kappa shape index (κ2) is 6.69. The summed E-state index contributed by atoms with van der Waals surface area (Å²) in [6, 6.07) is 6.67. The van der Waals surface area contributed by atoms with Gasteiger partial charge in [0.2, 0.25) is 0 Å². The number of carbonyl (C=O) groups excluding carboxylic acids is 2. The van der Waals surface area contributed by atoms with E-state index in [9.17, 15) is 9.59 Å². The summed E-state index contributed by atoms with van der Waals surface area (Å²) < 4.78 is 0. The molecule has 2 aromatic rings. The van der Waals surface area contributed by atoms with Crippen molar-refractivity contribution in [1.29, 1.82) is 0 Å². The number of aromatic nitrogens is 2. The van der Waals surface area contributed by atoms with Crippen molar-refractivity contribution in [2.24, 2.45) is 0 Å². The fraction of sp³-hybridized carbons (Fsp3) is 0.143. The zero-order valence-electron chi connectivity index (χ0n) is 11.4. The summed E-state index contributed by atoms with van der Waals surface area (Å²) in [6.45, 7) is 1.47. The summed E-state index contributed by atoms with van der Waals surface area (Å²) in [4.78, 5) is 31.5. The molecule has 0 radical (unpaired) electrons. The zero-order chi connectivity index (χ0) is 15.4. The molecular weight excluding hydrogens is 310 g/mol. The predicted octanol–water partition coefficient (Wildman–Crippen LogP) is 3.31. The van der Waals surface area contributed by atoms with E-state index < -0.39 is 5.91 Å². The number of hydrogen-bond acceptors (Lipinski definition) is 5. The fourth-order valence-electron chi connectivity index (χ4n) is 1.61. The maximum Gasteiger partial charge on any atom is 0.260 e. The van der Waals surface area contributed by atoms with Crippen LogP contribution in [0.1, 0.15) is 27.6 Å². The Morgan fingerprint density at radius 3 is 2.71 bits per heavy atom. The summed E-state index contributed by atoms with van der Waals surface area (Å²) >= 11 is 7.31. The van der Waals surface area contributed by atoms with Crippen LogP contribution in [-0.4, -0.2) is 27.9 Å². The fourth-order valence-corrected chi connectivity index (χ4v) is 2.22. The lowest BCUT2D eigenvalue weighted by atomic mass is 10.1. The molecule has 2 rings (SSSR count). The minimum Gasteiger partial charge on any atom is -0.322 e. The highest BCUT2D eigenvalue weighted by Crippen LogP contribution is 2.18. The van der Waals surface area contributed by atoms with Crippen LogP contribution in [0.25, 0.3) is 0 Å². The summed E-state index contributed by atoms with van der Waals surface area (Å²) in [5, 5.41) is 3.26. The standard InChI is InChI=1S/C14H12ClN3O2S/c1-8(19)9-4-3-5-10(6-9)17-13(20)11-7-16-14(21-2)18-12(11)15/h3-7H,1-2H3,(H,17,20). The minimum absolute atomic E-state index is 0.0724. The van der Waals surface area contributed by atoms with Gasteiger partial charge in [-0.3, -0.25) is 9.59 Å². The molecule has 0 spiro atoms. The number of nitrogens with zero attached hydrogens (tertiary/aromatic N) is 2. The lowest BCUT2D eigenvalue weighted by molar-refractivity contribution is 0.101. The molecule has 0 unspecified atom stereocenters. The van der Waals surface area contributed by atoms with Crippen LogP contribution in [0.15, 0.2) is 35.6 Å². The van der Waals surface area contributed by atoms with Crippen LogP contribution in [0.2, 0.25) is 5.15 Å². The van der Waals surface area contributed by atoms with Crippen LogP contribution in [0.4, 0.5) is 5.69 Å². The van der Waals surface area contributed by atoms with Gasteiger partial charge in [-0.15, -0.1) is 0 Å². The van der Waals surface area contributed by atoms with E-state index in [1.165, 1.54) is 24.9 Å². The molecule has 0 saturated heterocycles. The van der Waals surface area contributed by atoms with Crippen LogP contribution >= 0.6 is 23.4 Å². The van der Waals surface area contributed by atoms with Crippen LogP contribution < -0.4 is 5.32 Å². The number of benzene rings is 1. The van der Waals surface area contributed by atoms with Crippen LogP contribution in [0.5, 0.6) is 0 Å². The molecule has 1 heterocycles. The van der Waals surface area contributed by atoms with Crippen molar-refractivity contribution < 1.29 is 9.59 Å². The smallest absolute Gasteiger partial charge is 0.260 e. The van der Waals surface area contributed by atoms with E-state index in [1.807, 2.05) is 6.26 Å². The van der Waals surface area contributed by atoms with E-state index in [4.69, 9.17) is 11.6 Å². The van der Waals surface area contributed by atoms with Gasteiger partial charge in [0.05, 0.1) is 5.56 Å². The SMILES string of the molecule is CSc1ncc(C(=O)Nc2cccc(C(C)=O)c2)c(Cl)n1. The summed E-state index contributed by atoms with van der Waals surface area (Å²) in [5.74, 6) is -0.495. The van der Waals surface area contributed by atoms with Crippen molar-refractivity contribution >= 4 is 40.7 Å². The molecule has 7 heteroatoms. The van der Waals surface area contributed by atoms with Gasteiger partial charge in [-0.25, -0.2) is 9.97 Å². The summed E-state index contributed by atoms with van der Waals surface area (Å²) in [6.07, 6.45) is 3.20. The second-order valence-electron chi connectivity index (χ2n) is 4.15. The average molecular weight is 322 g/mol. The van der Waals surface area contributed by atoms with Crippen molar-refractivity contribution in [3.63, 3.8) is 0 Å². The number of Topliss-reactive ketones (excluding diaryl/α,β-unsaturated/α-hetero) is 1. The van der Waals surface area contributed by atoms with Crippen molar-refractivity contribution in [3.05, 3.63) is 46.7 Å². The van der Waals surface area contributed by atoms with Crippen LogP contribution in [0.3, 0.4) is 0 Å². The molecule has 1 amide bonds. The number of thioether (sulfide) groups is 1. The molecule has 108 valence electrons. The summed E-state index contributed by atoms with van der Waals surface area (Å²) in [7, 11) is 0. The lowest BCUT2D eigenvalue weighted by Gasteiger charge is -2.07. The van der Waals surface area contributed by atoms with E-state index in [1.54, 1.807) is 24.3 Å². The Labute approximate surface area is 131 Å². The maximum atomic E-state index is 12.1. The molecule has 0 bridgehead atoms. The van der Waals surface area contributed by atoms with E-state index in [0.29, 0.717) is 16.4 Å². The second-order valence-corrected chi connectivity index (χ2v) is 5.28. The topological polar surface area (TPSA) is 72.0 Å². The third-order valence-corrected chi connectivity index (χ3v) is 3.52. The minimum atomic E-state index is -0.423. The molecule has 0 aliphatic heterocycles. The van der Waals surface area contributed by atoms with Gasteiger partial charge in [0.1, 0.15) is 5.15 Å². The molecule has 0 aliphatic rings. The Hall–Kier alpha value is -1.92. The monoisotopic (exact) mass is 321 g/mol. The molecule has 0 saturated carbocycles. The highest BCUT2D eigenvalue weighted by molar-refractivity contribution is 7.98. The normalized spacial score (nSPS) is 10.2. The van der Waals surface area contributed by atoms with Gasteiger partial charge in [-0.05, 0) is 25.3 Å². The Kier molecular flexibility index (Phi) is 4.93. The van der Waals surface area contributed by atoms with Gasteiger partial charge < -0.3 is 5.32 Å². The van der Waals surface area contributed by atoms with Gasteiger partial charge in [-0.2, -0.15) is 0 Å². The first-order valence-corrected chi connectivity index (χ1v) is 7.60. The van der Waals surface area contributed by atoms with Gasteiger partial charge >= 0.3 is 0 Å². The maximum absolute atomic E-state index is 12.1. The largest absolute Gasteiger partial charge is 0.322 e.